The third kappa shape index (κ3) is 4.79. The average molecular weight is 470 g/mol. The molecule has 0 radical (unpaired) electrons. The van der Waals surface area contributed by atoms with Gasteiger partial charge in [0.05, 0.1) is 5.75 Å². The van der Waals surface area contributed by atoms with Crippen molar-refractivity contribution in [2.45, 2.75) is 18.0 Å². The molecule has 4 N–H and O–H groups in total. The molecule has 0 unspecified atom stereocenters. The van der Waals surface area contributed by atoms with Crippen LogP contribution in [0.1, 0.15) is 22.3 Å². The molecular weight excluding hydrogens is 450 g/mol. The van der Waals surface area contributed by atoms with Crippen LogP contribution in [0, 0.1) is 0 Å². The van der Waals surface area contributed by atoms with Crippen LogP contribution >= 0.6 is 23.4 Å². The molecule has 3 aromatic rings. The predicted octanol–water partition coefficient (Wildman–Crippen LogP) is 3.33. The number of benzene rings is 2. The Balaban J connectivity index is 1.43. The molecule has 10 heteroatoms. The van der Waals surface area contributed by atoms with E-state index in [4.69, 9.17) is 17.3 Å². The van der Waals surface area contributed by atoms with Crippen molar-refractivity contribution in [3.63, 3.8) is 0 Å². The Morgan fingerprint density at radius 3 is 2.69 bits per heavy atom. The minimum absolute atomic E-state index is 0.0801. The molecule has 0 fully saturated rings. The number of aromatic nitrogens is 2. The number of rotatable bonds is 5. The van der Waals surface area contributed by atoms with Gasteiger partial charge in [0.2, 0.25) is 5.91 Å². The highest BCUT2D eigenvalue weighted by Crippen LogP contribution is 2.28. The summed E-state index contributed by atoms with van der Waals surface area (Å²) in [5, 5.41) is 3.17. The summed E-state index contributed by atoms with van der Waals surface area (Å²) >= 11 is 6.91. The second-order valence-corrected chi connectivity index (χ2v) is 8.56. The van der Waals surface area contributed by atoms with E-state index in [-0.39, 0.29) is 28.3 Å². The van der Waals surface area contributed by atoms with Gasteiger partial charge in [-0.25, -0.2) is 4.98 Å². The Morgan fingerprint density at radius 1 is 1.19 bits per heavy atom. The van der Waals surface area contributed by atoms with Gasteiger partial charge in [0.25, 0.3) is 11.5 Å². The number of amides is 2. The van der Waals surface area contributed by atoms with Crippen molar-refractivity contribution in [2.75, 3.05) is 28.2 Å². The van der Waals surface area contributed by atoms with Crippen LogP contribution in [0.25, 0.3) is 0 Å². The van der Waals surface area contributed by atoms with E-state index in [1.54, 1.807) is 17.0 Å². The van der Waals surface area contributed by atoms with Gasteiger partial charge >= 0.3 is 0 Å². The summed E-state index contributed by atoms with van der Waals surface area (Å²) < 4.78 is 0. The van der Waals surface area contributed by atoms with Crippen molar-refractivity contribution >= 4 is 52.4 Å². The Morgan fingerprint density at radius 2 is 1.94 bits per heavy atom. The lowest BCUT2D eigenvalue weighted by molar-refractivity contribution is -0.116. The molecule has 32 heavy (non-hydrogen) atoms. The molecule has 2 aromatic carbocycles. The number of aryl methyl sites for hydroxylation is 1. The molecule has 2 heterocycles. The van der Waals surface area contributed by atoms with E-state index in [0.29, 0.717) is 17.1 Å². The zero-order chi connectivity index (χ0) is 22.7. The first-order valence-corrected chi connectivity index (χ1v) is 11.3. The Kier molecular flexibility index (Phi) is 6.48. The van der Waals surface area contributed by atoms with Gasteiger partial charge in [-0.3, -0.25) is 19.4 Å². The lowest BCUT2D eigenvalue weighted by Crippen LogP contribution is -2.36. The zero-order valence-corrected chi connectivity index (χ0v) is 18.5. The molecule has 1 aliphatic rings. The summed E-state index contributed by atoms with van der Waals surface area (Å²) in [5.74, 6) is -0.634. The van der Waals surface area contributed by atoms with Crippen molar-refractivity contribution in [2.24, 2.45) is 0 Å². The third-order valence-corrected chi connectivity index (χ3v) is 6.12. The lowest BCUT2D eigenvalue weighted by atomic mass is 10.0. The summed E-state index contributed by atoms with van der Waals surface area (Å²) in [6, 6.07) is 14.0. The summed E-state index contributed by atoms with van der Waals surface area (Å²) in [4.78, 5) is 46.1. The van der Waals surface area contributed by atoms with Crippen LogP contribution < -0.4 is 21.5 Å². The number of nitrogens with zero attached hydrogens (tertiary/aromatic N) is 2. The smallest absolute Gasteiger partial charge is 0.277 e. The number of hydrogen-bond acceptors (Lipinski definition) is 6. The van der Waals surface area contributed by atoms with Crippen LogP contribution in [0.2, 0.25) is 5.02 Å². The van der Waals surface area contributed by atoms with Crippen molar-refractivity contribution < 1.29 is 9.59 Å². The molecule has 0 saturated carbocycles. The van der Waals surface area contributed by atoms with Gasteiger partial charge in [0.1, 0.15) is 5.69 Å². The number of nitrogens with two attached hydrogens (primary N) is 1. The largest absolute Gasteiger partial charge is 0.382 e. The first kappa shape index (κ1) is 21.9. The first-order valence-electron chi connectivity index (χ1n) is 9.90. The lowest BCUT2D eigenvalue weighted by Gasteiger charge is -2.29. The minimum atomic E-state index is -0.599. The third-order valence-electron chi connectivity index (χ3n) is 5.01. The van der Waals surface area contributed by atoms with E-state index >= 15 is 0 Å². The average Bonchev–Trinajstić information content (AvgIpc) is 2.79. The first-order chi connectivity index (χ1) is 15.4. The topological polar surface area (TPSA) is 121 Å². The number of hydrogen-bond donors (Lipinski definition) is 3. The minimum Gasteiger partial charge on any atom is -0.382 e. The molecule has 1 aromatic heterocycles. The number of carbonyl (C=O) groups excluding carboxylic acids is 2. The molecule has 0 bridgehead atoms. The van der Waals surface area contributed by atoms with Crippen molar-refractivity contribution in [1.29, 1.82) is 0 Å². The Labute approximate surface area is 193 Å². The van der Waals surface area contributed by atoms with Crippen molar-refractivity contribution in [3.8, 4) is 0 Å². The second-order valence-electron chi connectivity index (χ2n) is 7.16. The summed E-state index contributed by atoms with van der Waals surface area (Å²) in [6.45, 7) is 0.651. The van der Waals surface area contributed by atoms with Crippen LogP contribution in [-0.4, -0.2) is 34.1 Å². The fourth-order valence-electron chi connectivity index (χ4n) is 3.45. The molecule has 2 amide bonds. The standard InChI is InChI=1S/C22H20ClN5O3S/c23-15-9-7-14(8-10-15)20(30)25-18-19(24)26-22(27-21(18)31)32-12-17(29)28-11-3-5-13-4-1-2-6-16(13)28/h1-2,4,6-10H,3,5,11-12H2,(H,25,30)(H3,24,26,27,31). The van der Waals surface area contributed by atoms with Gasteiger partial charge in [-0.15, -0.1) is 0 Å². The number of carbonyl (C=O) groups is 2. The van der Waals surface area contributed by atoms with E-state index < -0.39 is 11.5 Å². The van der Waals surface area contributed by atoms with Crippen molar-refractivity contribution in [3.05, 3.63) is 75.0 Å². The summed E-state index contributed by atoms with van der Waals surface area (Å²) in [6.07, 6.45) is 1.85. The molecular formula is C22H20ClN5O3S. The maximum Gasteiger partial charge on any atom is 0.277 e. The maximum absolute atomic E-state index is 12.8. The van der Waals surface area contributed by atoms with Crippen LogP contribution in [0.5, 0.6) is 0 Å². The number of H-pyrrole nitrogens is 1. The number of fused-ring (bicyclic) bond motifs is 1. The van der Waals surface area contributed by atoms with Crippen LogP contribution in [0.4, 0.5) is 17.2 Å². The number of para-hydroxylation sites is 1. The molecule has 8 nitrogen and oxygen atoms in total. The molecule has 0 saturated heterocycles. The highest BCUT2D eigenvalue weighted by molar-refractivity contribution is 7.99. The number of halogens is 1. The fraction of sp³-hybridized carbons (Fsp3) is 0.182. The van der Waals surface area contributed by atoms with Crippen molar-refractivity contribution in [1.82, 2.24) is 9.97 Å². The molecule has 0 atom stereocenters. The highest BCUT2D eigenvalue weighted by atomic mass is 35.5. The predicted molar refractivity (Wildman–Crippen MR) is 127 cm³/mol. The van der Waals surface area contributed by atoms with E-state index in [9.17, 15) is 14.4 Å². The van der Waals surface area contributed by atoms with Gasteiger partial charge in [-0.05, 0) is 48.7 Å². The molecule has 0 aliphatic carbocycles. The quantitative estimate of drug-likeness (QED) is 0.389. The molecule has 1 aliphatic heterocycles. The van der Waals surface area contributed by atoms with Gasteiger partial charge in [0.15, 0.2) is 11.0 Å². The Hall–Kier alpha value is -3.30. The number of nitrogen functional groups attached to an aromatic ring is 1. The SMILES string of the molecule is Nc1nc(SCC(=O)N2CCCc3ccccc32)[nH]c(=O)c1NC(=O)c1ccc(Cl)cc1. The molecule has 164 valence electrons. The maximum atomic E-state index is 12.8. The monoisotopic (exact) mass is 469 g/mol. The highest BCUT2D eigenvalue weighted by Gasteiger charge is 2.22. The number of nitrogens with one attached hydrogen (secondary N) is 2. The number of anilines is 3. The number of thioether (sulfide) groups is 1. The van der Waals surface area contributed by atoms with E-state index in [2.05, 4.69) is 15.3 Å². The van der Waals surface area contributed by atoms with Gasteiger partial charge in [-0.2, -0.15) is 0 Å². The fourth-order valence-corrected chi connectivity index (χ4v) is 4.32. The Bertz CT molecular complexity index is 1230. The van der Waals surface area contributed by atoms with Crippen LogP contribution in [-0.2, 0) is 11.2 Å². The normalized spacial score (nSPS) is 12.8. The van der Waals surface area contributed by atoms with Gasteiger partial charge < -0.3 is 16.0 Å². The molecule has 4 rings (SSSR count). The summed E-state index contributed by atoms with van der Waals surface area (Å²) in [7, 11) is 0. The van der Waals surface area contributed by atoms with E-state index in [1.165, 1.54) is 12.1 Å². The van der Waals surface area contributed by atoms with E-state index in [0.717, 1.165) is 35.9 Å². The zero-order valence-electron chi connectivity index (χ0n) is 16.9. The van der Waals surface area contributed by atoms with Gasteiger partial charge in [0, 0.05) is 22.8 Å². The van der Waals surface area contributed by atoms with E-state index in [1.807, 2.05) is 24.3 Å². The van der Waals surface area contributed by atoms with Gasteiger partial charge in [-0.1, -0.05) is 41.6 Å². The molecule has 0 spiro atoms. The summed E-state index contributed by atoms with van der Waals surface area (Å²) in [5.41, 5.74) is 7.55. The number of aromatic amines is 1. The second kappa shape index (κ2) is 9.46. The van der Waals surface area contributed by atoms with Crippen LogP contribution in [0.15, 0.2) is 58.5 Å². The van der Waals surface area contributed by atoms with Crippen LogP contribution in [0.3, 0.4) is 0 Å².